The summed E-state index contributed by atoms with van der Waals surface area (Å²) < 4.78 is 0.753. The van der Waals surface area contributed by atoms with E-state index in [-0.39, 0.29) is 5.91 Å². The van der Waals surface area contributed by atoms with Crippen LogP contribution < -0.4 is 11.1 Å². The minimum atomic E-state index is -0.235. The largest absolute Gasteiger partial charge is 0.397 e. The topological polar surface area (TPSA) is 55.1 Å². The molecular weight excluding hydrogens is 340 g/mol. The summed E-state index contributed by atoms with van der Waals surface area (Å²) in [6, 6.07) is 8.92. The lowest BCUT2D eigenvalue weighted by Crippen LogP contribution is -2.15. The van der Waals surface area contributed by atoms with Gasteiger partial charge < -0.3 is 11.1 Å². The lowest BCUT2D eigenvalue weighted by Gasteiger charge is -2.13. The number of anilines is 2. The van der Waals surface area contributed by atoms with Crippen LogP contribution in [-0.2, 0) is 0 Å². The van der Waals surface area contributed by atoms with Crippen LogP contribution in [-0.4, -0.2) is 5.91 Å². The number of benzene rings is 2. The quantitative estimate of drug-likeness (QED) is 0.778. The van der Waals surface area contributed by atoms with Crippen molar-refractivity contribution >= 4 is 44.8 Å². The Morgan fingerprint density at radius 2 is 1.95 bits per heavy atom. The zero-order valence-electron chi connectivity index (χ0n) is 11.1. The highest BCUT2D eigenvalue weighted by Crippen LogP contribution is 2.31. The van der Waals surface area contributed by atoms with Gasteiger partial charge in [-0.2, -0.15) is 0 Å². The standard InChI is InChI=1S/C15H14BrClN2O/c1-8-5-12(16)14(13(18)6-8)19-15(20)11-7-10(17)4-3-9(11)2/h3-7H,18H2,1-2H3,(H,19,20). The summed E-state index contributed by atoms with van der Waals surface area (Å²) in [5.74, 6) is -0.235. The van der Waals surface area contributed by atoms with E-state index in [2.05, 4.69) is 21.2 Å². The lowest BCUT2D eigenvalue weighted by atomic mass is 10.1. The molecule has 20 heavy (non-hydrogen) atoms. The maximum absolute atomic E-state index is 12.3. The molecule has 1 amide bonds. The van der Waals surface area contributed by atoms with Crippen molar-refractivity contribution in [2.45, 2.75) is 13.8 Å². The molecule has 0 fully saturated rings. The van der Waals surface area contributed by atoms with Gasteiger partial charge in [-0.25, -0.2) is 0 Å². The Balaban J connectivity index is 2.35. The minimum absolute atomic E-state index is 0.235. The maximum Gasteiger partial charge on any atom is 0.256 e. The first kappa shape index (κ1) is 14.9. The van der Waals surface area contributed by atoms with Crippen LogP contribution in [0.4, 0.5) is 11.4 Å². The molecule has 0 aliphatic carbocycles. The van der Waals surface area contributed by atoms with Gasteiger partial charge >= 0.3 is 0 Å². The van der Waals surface area contributed by atoms with Crippen LogP contribution >= 0.6 is 27.5 Å². The number of aryl methyl sites for hydroxylation is 2. The third kappa shape index (κ3) is 3.14. The highest BCUT2D eigenvalue weighted by atomic mass is 79.9. The van der Waals surface area contributed by atoms with Crippen molar-refractivity contribution < 1.29 is 4.79 Å². The molecule has 0 saturated carbocycles. The number of rotatable bonds is 2. The Kier molecular flexibility index (Phi) is 4.35. The summed E-state index contributed by atoms with van der Waals surface area (Å²) in [7, 11) is 0. The van der Waals surface area contributed by atoms with Crippen LogP contribution in [0.25, 0.3) is 0 Å². The summed E-state index contributed by atoms with van der Waals surface area (Å²) >= 11 is 9.34. The van der Waals surface area contributed by atoms with Crippen LogP contribution in [0.3, 0.4) is 0 Å². The number of amides is 1. The van der Waals surface area contributed by atoms with Gasteiger partial charge in [0.25, 0.3) is 5.91 Å². The van der Waals surface area contributed by atoms with Gasteiger partial charge in [0.1, 0.15) is 0 Å². The van der Waals surface area contributed by atoms with Crippen LogP contribution in [0.5, 0.6) is 0 Å². The highest BCUT2D eigenvalue weighted by molar-refractivity contribution is 9.10. The first-order chi connectivity index (χ1) is 9.38. The number of hydrogen-bond donors (Lipinski definition) is 2. The van der Waals surface area contributed by atoms with E-state index in [9.17, 15) is 4.79 Å². The van der Waals surface area contributed by atoms with Crippen molar-refractivity contribution in [3.05, 3.63) is 56.5 Å². The predicted octanol–water partition coefficient (Wildman–Crippen LogP) is 4.55. The molecule has 104 valence electrons. The number of carbonyl (C=O) groups excluding carboxylic acids is 1. The van der Waals surface area contributed by atoms with E-state index in [0.29, 0.717) is 22.0 Å². The fraction of sp³-hybridized carbons (Fsp3) is 0.133. The third-order valence-electron chi connectivity index (χ3n) is 2.95. The number of carbonyl (C=O) groups is 1. The molecule has 0 aliphatic rings. The molecule has 0 heterocycles. The van der Waals surface area contributed by atoms with Crippen molar-refractivity contribution in [1.82, 2.24) is 0 Å². The number of nitrogens with two attached hydrogens (primary N) is 1. The Bertz CT molecular complexity index is 663. The molecule has 0 radical (unpaired) electrons. The molecule has 0 aliphatic heterocycles. The van der Waals surface area contributed by atoms with E-state index in [4.69, 9.17) is 17.3 Å². The molecule has 0 spiro atoms. The summed E-state index contributed by atoms with van der Waals surface area (Å²) in [4.78, 5) is 12.3. The SMILES string of the molecule is Cc1cc(N)c(NC(=O)c2cc(Cl)ccc2C)c(Br)c1. The van der Waals surface area contributed by atoms with E-state index in [1.54, 1.807) is 12.1 Å². The normalized spacial score (nSPS) is 10.4. The summed E-state index contributed by atoms with van der Waals surface area (Å²) in [6.07, 6.45) is 0. The molecule has 5 heteroatoms. The van der Waals surface area contributed by atoms with Gasteiger partial charge in [-0.15, -0.1) is 0 Å². The summed E-state index contributed by atoms with van der Waals surface area (Å²) in [6.45, 7) is 3.80. The van der Waals surface area contributed by atoms with Crippen LogP contribution in [0.15, 0.2) is 34.8 Å². The van der Waals surface area contributed by atoms with Crippen molar-refractivity contribution in [1.29, 1.82) is 0 Å². The van der Waals surface area contributed by atoms with Crippen molar-refractivity contribution in [2.75, 3.05) is 11.1 Å². The monoisotopic (exact) mass is 352 g/mol. The highest BCUT2D eigenvalue weighted by Gasteiger charge is 2.13. The van der Waals surface area contributed by atoms with E-state index in [1.807, 2.05) is 32.0 Å². The molecule has 3 nitrogen and oxygen atoms in total. The smallest absolute Gasteiger partial charge is 0.256 e. The molecule has 0 atom stereocenters. The second-order valence-electron chi connectivity index (χ2n) is 4.62. The average Bonchev–Trinajstić information content (AvgIpc) is 2.36. The van der Waals surface area contributed by atoms with Crippen LogP contribution in [0, 0.1) is 13.8 Å². The van der Waals surface area contributed by atoms with Crippen LogP contribution in [0.2, 0.25) is 5.02 Å². The third-order valence-corrected chi connectivity index (χ3v) is 3.81. The van der Waals surface area contributed by atoms with Gasteiger partial charge in [0.15, 0.2) is 0 Å². The average molecular weight is 354 g/mol. The number of nitrogen functional groups attached to an aromatic ring is 1. The summed E-state index contributed by atoms with van der Waals surface area (Å²) in [5, 5.41) is 3.35. The Morgan fingerprint density at radius 3 is 2.60 bits per heavy atom. The van der Waals surface area contributed by atoms with E-state index < -0.39 is 0 Å². The molecule has 0 bridgehead atoms. The van der Waals surface area contributed by atoms with Gasteiger partial charge in [0.2, 0.25) is 0 Å². The van der Waals surface area contributed by atoms with Crippen molar-refractivity contribution in [3.63, 3.8) is 0 Å². The second-order valence-corrected chi connectivity index (χ2v) is 5.92. The molecule has 2 aromatic carbocycles. The number of hydrogen-bond acceptors (Lipinski definition) is 2. The predicted molar refractivity (Wildman–Crippen MR) is 87.4 cm³/mol. The fourth-order valence-corrected chi connectivity index (χ4v) is 2.78. The minimum Gasteiger partial charge on any atom is -0.397 e. The fourth-order valence-electron chi connectivity index (χ4n) is 1.92. The van der Waals surface area contributed by atoms with Gasteiger partial charge in [0.05, 0.1) is 11.4 Å². The first-order valence-electron chi connectivity index (χ1n) is 6.01. The van der Waals surface area contributed by atoms with Crippen molar-refractivity contribution in [2.24, 2.45) is 0 Å². The molecular formula is C15H14BrClN2O. The Hall–Kier alpha value is -1.52. The van der Waals surface area contributed by atoms with Gasteiger partial charge in [-0.05, 0) is 65.2 Å². The number of halogens is 2. The molecule has 0 saturated heterocycles. The molecule has 0 aromatic heterocycles. The number of nitrogens with one attached hydrogen (secondary N) is 1. The molecule has 0 unspecified atom stereocenters. The van der Waals surface area contributed by atoms with Crippen molar-refractivity contribution in [3.8, 4) is 0 Å². The van der Waals surface area contributed by atoms with Gasteiger partial charge in [-0.1, -0.05) is 17.7 Å². The Labute approximate surface area is 131 Å². The van der Waals surface area contributed by atoms with E-state index in [1.165, 1.54) is 0 Å². The molecule has 2 rings (SSSR count). The second kappa shape index (κ2) is 5.85. The Morgan fingerprint density at radius 1 is 1.25 bits per heavy atom. The van der Waals surface area contributed by atoms with Crippen LogP contribution in [0.1, 0.15) is 21.5 Å². The van der Waals surface area contributed by atoms with Gasteiger partial charge in [0, 0.05) is 15.1 Å². The molecule has 2 aromatic rings. The van der Waals surface area contributed by atoms with E-state index in [0.717, 1.165) is 15.6 Å². The zero-order valence-corrected chi connectivity index (χ0v) is 13.5. The summed E-state index contributed by atoms with van der Waals surface area (Å²) in [5.41, 5.74) is 9.44. The maximum atomic E-state index is 12.3. The van der Waals surface area contributed by atoms with E-state index >= 15 is 0 Å². The first-order valence-corrected chi connectivity index (χ1v) is 7.18. The molecule has 3 N–H and O–H groups in total. The zero-order chi connectivity index (χ0) is 14.9. The lowest BCUT2D eigenvalue weighted by molar-refractivity contribution is 0.102. The van der Waals surface area contributed by atoms with Gasteiger partial charge in [-0.3, -0.25) is 4.79 Å².